The Hall–Kier alpha value is -3.61. The van der Waals surface area contributed by atoms with E-state index in [4.69, 9.17) is 20.9 Å². The zero-order chi connectivity index (χ0) is 30.2. The minimum Gasteiger partial charge on any atom is -0.444 e. The van der Waals surface area contributed by atoms with Gasteiger partial charge in [-0.25, -0.2) is 18.0 Å². The van der Waals surface area contributed by atoms with E-state index < -0.39 is 41.4 Å². The summed E-state index contributed by atoms with van der Waals surface area (Å²) in [5.41, 5.74) is -1.03. The van der Waals surface area contributed by atoms with Gasteiger partial charge in [-0.3, -0.25) is 9.48 Å². The minimum atomic E-state index is -2.90. The highest BCUT2D eigenvalue weighted by Gasteiger charge is 2.51. The van der Waals surface area contributed by atoms with Gasteiger partial charge in [0.2, 0.25) is 5.91 Å². The molecule has 1 aliphatic heterocycles. The molecule has 3 heterocycles. The lowest BCUT2D eigenvalue weighted by Gasteiger charge is -2.33. The van der Waals surface area contributed by atoms with E-state index in [9.17, 15) is 22.8 Å². The topological polar surface area (TPSA) is 115 Å². The summed E-state index contributed by atoms with van der Waals surface area (Å²) < 4.78 is 52.9. The molecule has 10 nitrogen and oxygen atoms in total. The maximum atomic E-state index is 13.8. The van der Waals surface area contributed by atoms with Crippen LogP contribution in [0.15, 0.2) is 28.8 Å². The van der Waals surface area contributed by atoms with Gasteiger partial charge in [0.1, 0.15) is 23.7 Å². The predicted octanol–water partition coefficient (Wildman–Crippen LogP) is 5.51. The lowest BCUT2D eigenvalue weighted by atomic mass is 9.95. The molecule has 1 aromatic carbocycles. The van der Waals surface area contributed by atoms with E-state index in [2.05, 4.69) is 20.6 Å². The number of amides is 2. The molecule has 1 aliphatic carbocycles. The van der Waals surface area contributed by atoms with E-state index in [0.717, 1.165) is 10.7 Å². The number of hydrogen-bond acceptors (Lipinski definition) is 7. The number of alkyl halides is 2. The van der Waals surface area contributed by atoms with Crippen LogP contribution in [-0.4, -0.2) is 62.1 Å². The third kappa shape index (κ3) is 6.55. The van der Waals surface area contributed by atoms with Crippen molar-refractivity contribution in [2.24, 2.45) is 5.92 Å². The number of piperidine rings is 1. The molecule has 3 aromatic rings. The van der Waals surface area contributed by atoms with Gasteiger partial charge >= 0.3 is 6.09 Å². The molecule has 0 bridgehead atoms. The minimum absolute atomic E-state index is 0.00682. The highest BCUT2D eigenvalue weighted by molar-refractivity contribution is 6.31. The molecule has 0 spiro atoms. The van der Waals surface area contributed by atoms with Gasteiger partial charge in [-0.15, -0.1) is 0 Å². The van der Waals surface area contributed by atoms with Crippen molar-refractivity contribution in [3.63, 3.8) is 0 Å². The second-order valence-electron chi connectivity index (χ2n) is 11.8. The maximum absolute atomic E-state index is 13.8. The van der Waals surface area contributed by atoms with Crippen LogP contribution >= 0.6 is 11.6 Å². The molecule has 42 heavy (non-hydrogen) atoms. The van der Waals surface area contributed by atoms with Crippen molar-refractivity contribution >= 4 is 23.6 Å². The third-order valence-corrected chi connectivity index (χ3v) is 7.76. The molecule has 0 radical (unpaired) electrons. The lowest BCUT2D eigenvalue weighted by molar-refractivity contribution is -0.122. The standard InChI is InChI=1S/C28H32ClF3N6O4/c1-27(2,3)41-26(40)37-10-6-16(7-11-37)14-33-22(39)15-38-21(23(31)32)13-20(35-38)24-34-25(36-42-24)28(8-9-28)18-5-4-17(30)12-19(18)29/h4-5,12-13,16,23H,6-11,14-15H2,1-3H3,(H,33,39). The second kappa shape index (κ2) is 11.6. The van der Waals surface area contributed by atoms with Crippen molar-refractivity contribution in [1.82, 2.24) is 30.1 Å². The molecule has 2 fully saturated rings. The molecule has 1 N–H and O–H groups in total. The fourth-order valence-corrected chi connectivity index (χ4v) is 5.42. The number of nitrogens with one attached hydrogen (secondary N) is 1. The molecular formula is C28H32ClF3N6O4. The summed E-state index contributed by atoms with van der Waals surface area (Å²) in [5.74, 6) is -0.584. The zero-order valence-electron chi connectivity index (χ0n) is 23.5. The van der Waals surface area contributed by atoms with Gasteiger partial charge in [0.05, 0.1) is 5.41 Å². The smallest absolute Gasteiger partial charge is 0.410 e. The summed E-state index contributed by atoms with van der Waals surface area (Å²) >= 11 is 6.27. The Kier molecular flexibility index (Phi) is 8.23. The first-order valence-electron chi connectivity index (χ1n) is 13.8. The number of carbonyl (C=O) groups is 2. The van der Waals surface area contributed by atoms with Crippen molar-refractivity contribution in [3.8, 4) is 11.6 Å². The van der Waals surface area contributed by atoms with Crippen LogP contribution in [0.2, 0.25) is 5.02 Å². The summed E-state index contributed by atoms with van der Waals surface area (Å²) in [7, 11) is 0. The predicted molar refractivity (Wildman–Crippen MR) is 145 cm³/mol. The first kappa shape index (κ1) is 29.9. The van der Waals surface area contributed by atoms with Crippen LogP contribution in [-0.2, 0) is 21.5 Å². The molecule has 0 unspecified atom stereocenters. The normalized spacial score (nSPS) is 17.0. The Labute approximate surface area is 245 Å². The van der Waals surface area contributed by atoms with Crippen LogP contribution in [0.25, 0.3) is 11.6 Å². The van der Waals surface area contributed by atoms with Crippen LogP contribution in [0.1, 0.15) is 70.0 Å². The van der Waals surface area contributed by atoms with Crippen molar-refractivity contribution < 1.29 is 32.0 Å². The maximum Gasteiger partial charge on any atom is 0.410 e. The van der Waals surface area contributed by atoms with Crippen molar-refractivity contribution in [2.75, 3.05) is 19.6 Å². The second-order valence-corrected chi connectivity index (χ2v) is 12.2. The molecule has 2 aliphatic rings. The third-order valence-electron chi connectivity index (χ3n) is 7.45. The monoisotopic (exact) mass is 608 g/mol. The summed E-state index contributed by atoms with van der Waals surface area (Å²) in [5, 5.41) is 11.2. The van der Waals surface area contributed by atoms with Crippen molar-refractivity contribution in [2.45, 2.75) is 70.4 Å². The molecule has 5 rings (SSSR count). The average molecular weight is 609 g/mol. The number of nitrogens with zero attached hydrogens (tertiary/aromatic N) is 5. The summed E-state index contributed by atoms with van der Waals surface area (Å²) in [6.07, 6.45) is -0.580. The molecule has 1 saturated carbocycles. The van der Waals surface area contributed by atoms with Crippen LogP contribution < -0.4 is 5.32 Å². The molecule has 1 saturated heterocycles. The Morgan fingerprint density at radius 1 is 1.21 bits per heavy atom. The molecule has 2 amide bonds. The fourth-order valence-electron chi connectivity index (χ4n) is 5.07. The number of hydrogen-bond donors (Lipinski definition) is 1. The quantitative estimate of drug-likeness (QED) is 0.359. The molecule has 2 aromatic heterocycles. The largest absolute Gasteiger partial charge is 0.444 e. The first-order chi connectivity index (χ1) is 19.8. The van der Waals surface area contributed by atoms with E-state index in [1.165, 1.54) is 12.1 Å². The van der Waals surface area contributed by atoms with Gasteiger partial charge in [0.25, 0.3) is 12.3 Å². The number of aromatic nitrogens is 4. The SMILES string of the molecule is CC(C)(C)OC(=O)N1CCC(CNC(=O)Cn2nc(-c3nc(C4(c5ccc(F)cc5Cl)CC4)no3)cc2C(F)F)CC1. The highest BCUT2D eigenvalue weighted by atomic mass is 35.5. The molecular weight excluding hydrogens is 577 g/mol. The number of rotatable bonds is 8. The van der Waals surface area contributed by atoms with Gasteiger partial charge in [-0.2, -0.15) is 10.1 Å². The van der Waals surface area contributed by atoms with Gasteiger partial charge < -0.3 is 19.5 Å². The zero-order valence-corrected chi connectivity index (χ0v) is 24.3. The fraction of sp³-hybridized carbons (Fsp3) is 0.536. The van der Waals surface area contributed by atoms with Gasteiger partial charge in [-0.05, 0) is 76.1 Å². The number of halogens is 4. The van der Waals surface area contributed by atoms with Crippen molar-refractivity contribution in [1.29, 1.82) is 0 Å². The van der Waals surface area contributed by atoms with E-state index in [1.807, 2.05) is 20.8 Å². The van der Waals surface area contributed by atoms with Gasteiger partial charge in [0.15, 0.2) is 11.5 Å². The number of carbonyl (C=O) groups excluding carboxylic acids is 2. The van der Waals surface area contributed by atoms with Crippen LogP contribution in [0.4, 0.5) is 18.0 Å². The van der Waals surface area contributed by atoms with Crippen LogP contribution in [0.5, 0.6) is 0 Å². The van der Waals surface area contributed by atoms with Gasteiger partial charge in [-0.1, -0.05) is 22.8 Å². The number of benzene rings is 1. The number of likely N-dealkylation sites (tertiary alicyclic amines) is 1. The summed E-state index contributed by atoms with van der Waals surface area (Å²) in [4.78, 5) is 31.0. The highest BCUT2D eigenvalue weighted by Crippen LogP contribution is 2.54. The van der Waals surface area contributed by atoms with E-state index in [1.54, 1.807) is 11.0 Å². The molecule has 14 heteroatoms. The summed E-state index contributed by atoms with van der Waals surface area (Å²) in [6, 6.07) is 5.21. The molecule has 0 atom stereocenters. The number of ether oxygens (including phenoxy) is 1. The van der Waals surface area contributed by atoms with E-state index >= 15 is 0 Å². The van der Waals surface area contributed by atoms with Gasteiger partial charge in [0, 0.05) is 24.7 Å². The Balaban J connectivity index is 1.20. The Morgan fingerprint density at radius 2 is 1.93 bits per heavy atom. The molecule has 226 valence electrons. The average Bonchev–Trinajstić information content (AvgIpc) is 3.35. The van der Waals surface area contributed by atoms with Crippen LogP contribution in [0, 0.1) is 11.7 Å². The van der Waals surface area contributed by atoms with Crippen molar-refractivity contribution in [3.05, 3.63) is 52.2 Å². The van der Waals surface area contributed by atoms with E-state index in [-0.39, 0.29) is 28.6 Å². The first-order valence-corrected chi connectivity index (χ1v) is 14.1. The van der Waals surface area contributed by atoms with Crippen LogP contribution in [0.3, 0.4) is 0 Å². The Bertz CT molecular complexity index is 1460. The lowest BCUT2D eigenvalue weighted by Crippen LogP contribution is -2.44. The van der Waals surface area contributed by atoms with E-state index in [0.29, 0.717) is 56.7 Å². The Morgan fingerprint density at radius 3 is 2.55 bits per heavy atom. The summed E-state index contributed by atoms with van der Waals surface area (Å²) in [6.45, 7) is 6.37.